The van der Waals surface area contributed by atoms with Crippen molar-refractivity contribution in [1.29, 1.82) is 0 Å². The van der Waals surface area contributed by atoms with Crippen LogP contribution in [-0.4, -0.2) is 43.2 Å². The fourth-order valence-electron chi connectivity index (χ4n) is 2.73. The van der Waals surface area contributed by atoms with Crippen LogP contribution < -0.4 is 5.32 Å². The molecule has 0 amide bonds. The summed E-state index contributed by atoms with van der Waals surface area (Å²) in [7, 11) is 2.05. The molecular formula is C16H23FN2O2. The average molecular weight is 294 g/mol. The van der Waals surface area contributed by atoms with Crippen molar-refractivity contribution in [1.82, 2.24) is 4.90 Å². The SMILES string of the molecule is CCOC(=O)C1(Nc2ccc(F)cc2)CCCN(C)CC1. The summed E-state index contributed by atoms with van der Waals surface area (Å²) < 4.78 is 18.3. The van der Waals surface area contributed by atoms with Gasteiger partial charge in [-0.2, -0.15) is 0 Å². The molecule has 1 saturated heterocycles. The predicted octanol–water partition coefficient (Wildman–Crippen LogP) is 2.66. The molecule has 0 aliphatic carbocycles. The molecule has 21 heavy (non-hydrogen) atoms. The summed E-state index contributed by atoms with van der Waals surface area (Å²) in [6, 6.07) is 6.10. The highest BCUT2D eigenvalue weighted by atomic mass is 19.1. The Kier molecular flexibility index (Phi) is 5.17. The van der Waals surface area contributed by atoms with E-state index in [1.807, 2.05) is 6.92 Å². The maximum absolute atomic E-state index is 13.0. The Labute approximate surface area is 125 Å². The Morgan fingerprint density at radius 3 is 2.71 bits per heavy atom. The van der Waals surface area contributed by atoms with Crippen LogP contribution in [-0.2, 0) is 9.53 Å². The van der Waals surface area contributed by atoms with Crippen molar-refractivity contribution in [3.05, 3.63) is 30.1 Å². The number of hydrogen-bond acceptors (Lipinski definition) is 4. The number of carbonyl (C=O) groups is 1. The zero-order chi connectivity index (χ0) is 15.3. The maximum Gasteiger partial charge on any atom is 0.331 e. The molecule has 4 nitrogen and oxygen atoms in total. The van der Waals surface area contributed by atoms with Crippen molar-refractivity contribution in [2.75, 3.05) is 32.1 Å². The van der Waals surface area contributed by atoms with Gasteiger partial charge in [-0.3, -0.25) is 0 Å². The van der Waals surface area contributed by atoms with Crippen LogP contribution in [0.15, 0.2) is 24.3 Å². The Bertz CT molecular complexity index is 478. The Balaban J connectivity index is 2.22. The van der Waals surface area contributed by atoms with Crippen LogP contribution in [0.3, 0.4) is 0 Å². The summed E-state index contributed by atoms with van der Waals surface area (Å²) in [6.45, 7) is 3.97. The van der Waals surface area contributed by atoms with Crippen molar-refractivity contribution in [2.45, 2.75) is 31.7 Å². The molecule has 1 aliphatic heterocycles. The van der Waals surface area contributed by atoms with Gasteiger partial charge < -0.3 is 15.0 Å². The largest absolute Gasteiger partial charge is 0.464 e. The van der Waals surface area contributed by atoms with Gasteiger partial charge in [0.15, 0.2) is 0 Å². The summed E-state index contributed by atoms with van der Waals surface area (Å²) in [5.41, 5.74) is 0.0208. The molecule has 0 spiro atoms. The second kappa shape index (κ2) is 6.89. The van der Waals surface area contributed by atoms with Gasteiger partial charge in [0.05, 0.1) is 6.61 Å². The normalized spacial score (nSPS) is 23.4. The van der Waals surface area contributed by atoms with Gasteiger partial charge in [-0.1, -0.05) is 0 Å². The van der Waals surface area contributed by atoms with E-state index in [0.29, 0.717) is 19.4 Å². The van der Waals surface area contributed by atoms with Crippen LogP contribution in [0.1, 0.15) is 26.2 Å². The Morgan fingerprint density at radius 2 is 2.05 bits per heavy atom. The van der Waals surface area contributed by atoms with Crippen molar-refractivity contribution in [3.63, 3.8) is 0 Å². The molecule has 1 N–H and O–H groups in total. The zero-order valence-corrected chi connectivity index (χ0v) is 12.7. The molecule has 1 fully saturated rings. The van der Waals surface area contributed by atoms with E-state index in [2.05, 4.69) is 17.3 Å². The molecule has 1 aromatic carbocycles. The van der Waals surface area contributed by atoms with E-state index in [9.17, 15) is 9.18 Å². The van der Waals surface area contributed by atoms with Crippen molar-refractivity contribution in [2.24, 2.45) is 0 Å². The number of carbonyl (C=O) groups excluding carboxylic acids is 1. The van der Waals surface area contributed by atoms with E-state index in [0.717, 1.165) is 25.2 Å². The number of nitrogens with zero attached hydrogens (tertiary/aromatic N) is 1. The molecule has 0 radical (unpaired) electrons. The van der Waals surface area contributed by atoms with Gasteiger partial charge in [0.1, 0.15) is 11.4 Å². The summed E-state index contributed by atoms with van der Waals surface area (Å²) in [5.74, 6) is -0.504. The lowest BCUT2D eigenvalue weighted by atomic mass is 9.90. The summed E-state index contributed by atoms with van der Waals surface area (Å²) in [6.07, 6.45) is 2.32. The summed E-state index contributed by atoms with van der Waals surface area (Å²) in [4.78, 5) is 14.7. The van der Waals surface area contributed by atoms with Crippen LogP contribution in [0.2, 0.25) is 0 Å². The molecular weight excluding hydrogens is 271 g/mol. The fraction of sp³-hybridized carbons (Fsp3) is 0.562. The van der Waals surface area contributed by atoms with Crippen LogP contribution >= 0.6 is 0 Å². The smallest absolute Gasteiger partial charge is 0.331 e. The Morgan fingerprint density at radius 1 is 1.33 bits per heavy atom. The van der Waals surface area contributed by atoms with Gasteiger partial charge in [0, 0.05) is 12.2 Å². The van der Waals surface area contributed by atoms with E-state index in [-0.39, 0.29) is 11.8 Å². The van der Waals surface area contributed by atoms with Gasteiger partial charge in [0.25, 0.3) is 0 Å². The van der Waals surface area contributed by atoms with Crippen molar-refractivity contribution >= 4 is 11.7 Å². The molecule has 116 valence electrons. The average Bonchev–Trinajstić information content (AvgIpc) is 2.65. The maximum atomic E-state index is 13.0. The third-order valence-corrected chi connectivity index (χ3v) is 3.96. The lowest BCUT2D eigenvalue weighted by molar-refractivity contribution is -0.149. The first kappa shape index (κ1) is 15.8. The number of nitrogens with one attached hydrogen (secondary N) is 1. The highest BCUT2D eigenvalue weighted by molar-refractivity contribution is 5.84. The number of anilines is 1. The molecule has 5 heteroatoms. The van der Waals surface area contributed by atoms with Crippen LogP contribution in [0.25, 0.3) is 0 Å². The number of hydrogen-bond donors (Lipinski definition) is 1. The van der Waals surface area contributed by atoms with Gasteiger partial charge in [-0.15, -0.1) is 0 Å². The first-order valence-corrected chi connectivity index (χ1v) is 7.45. The minimum Gasteiger partial charge on any atom is -0.464 e. The van der Waals surface area contributed by atoms with Gasteiger partial charge in [0.2, 0.25) is 0 Å². The van der Waals surface area contributed by atoms with Crippen molar-refractivity contribution in [3.8, 4) is 0 Å². The van der Waals surface area contributed by atoms with Crippen LogP contribution in [0.5, 0.6) is 0 Å². The van der Waals surface area contributed by atoms with Gasteiger partial charge >= 0.3 is 5.97 Å². The molecule has 1 aromatic rings. The number of halogens is 1. The molecule has 0 saturated carbocycles. The third-order valence-electron chi connectivity index (χ3n) is 3.96. The minimum atomic E-state index is -0.724. The number of rotatable bonds is 4. The summed E-state index contributed by atoms with van der Waals surface area (Å²) in [5, 5.41) is 3.30. The molecule has 2 rings (SSSR count). The standard InChI is InChI=1S/C16H23FN2O2/c1-3-21-15(20)16(9-4-11-19(2)12-10-16)18-14-7-5-13(17)6-8-14/h5-8,18H,3-4,9-12H2,1-2H3. The predicted molar refractivity (Wildman–Crippen MR) is 80.7 cm³/mol. The topological polar surface area (TPSA) is 41.6 Å². The van der Waals surface area contributed by atoms with Gasteiger partial charge in [-0.05, 0) is 64.0 Å². The number of ether oxygens (including phenoxy) is 1. The monoisotopic (exact) mass is 294 g/mol. The summed E-state index contributed by atoms with van der Waals surface area (Å²) >= 11 is 0. The number of esters is 1. The number of likely N-dealkylation sites (tertiary alicyclic amines) is 1. The molecule has 1 unspecified atom stereocenters. The van der Waals surface area contributed by atoms with E-state index < -0.39 is 5.54 Å². The lowest BCUT2D eigenvalue weighted by Gasteiger charge is -2.32. The van der Waals surface area contributed by atoms with Crippen molar-refractivity contribution < 1.29 is 13.9 Å². The zero-order valence-electron chi connectivity index (χ0n) is 12.7. The van der Waals surface area contributed by atoms with Gasteiger partial charge in [-0.25, -0.2) is 9.18 Å². The van der Waals surface area contributed by atoms with E-state index in [4.69, 9.17) is 4.74 Å². The molecule has 1 heterocycles. The second-order valence-electron chi connectivity index (χ2n) is 5.59. The minimum absolute atomic E-state index is 0.218. The fourth-order valence-corrected chi connectivity index (χ4v) is 2.73. The molecule has 0 bridgehead atoms. The number of benzene rings is 1. The highest BCUT2D eigenvalue weighted by Gasteiger charge is 2.40. The van der Waals surface area contributed by atoms with E-state index >= 15 is 0 Å². The third kappa shape index (κ3) is 3.94. The van der Waals surface area contributed by atoms with E-state index in [1.54, 1.807) is 12.1 Å². The quantitative estimate of drug-likeness (QED) is 0.867. The lowest BCUT2D eigenvalue weighted by Crippen LogP contribution is -2.48. The van der Waals surface area contributed by atoms with Crippen LogP contribution in [0.4, 0.5) is 10.1 Å². The highest BCUT2D eigenvalue weighted by Crippen LogP contribution is 2.28. The Hall–Kier alpha value is -1.62. The first-order chi connectivity index (χ1) is 10.1. The second-order valence-corrected chi connectivity index (χ2v) is 5.59. The van der Waals surface area contributed by atoms with E-state index in [1.165, 1.54) is 12.1 Å². The molecule has 1 atom stereocenters. The molecule has 0 aromatic heterocycles. The first-order valence-electron chi connectivity index (χ1n) is 7.45. The molecule has 1 aliphatic rings. The van der Waals surface area contributed by atoms with Crippen LogP contribution in [0, 0.1) is 5.82 Å².